The van der Waals surface area contributed by atoms with E-state index in [4.69, 9.17) is 21.1 Å². The number of nitrogens with one attached hydrogen (secondary N) is 1. The minimum Gasteiger partial charge on any atom is -0.490 e. The maximum Gasteiger partial charge on any atom is 0.298 e. The van der Waals surface area contributed by atoms with Crippen LogP contribution in [0.1, 0.15) is 37.8 Å². The van der Waals surface area contributed by atoms with E-state index in [-0.39, 0.29) is 11.5 Å². The molecule has 1 saturated heterocycles. The number of allylic oxidation sites excluding steroid dienone is 2. The van der Waals surface area contributed by atoms with Gasteiger partial charge in [0.2, 0.25) is 0 Å². The van der Waals surface area contributed by atoms with Crippen LogP contribution in [-0.2, 0) is 10.4 Å². The minimum absolute atomic E-state index is 0.0439. The highest BCUT2D eigenvalue weighted by Crippen LogP contribution is 2.46. The lowest BCUT2D eigenvalue weighted by Gasteiger charge is -2.50. The first-order valence-corrected chi connectivity index (χ1v) is 13.1. The summed E-state index contributed by atoms with van der Waals surface area (Å²) in [7, 11) is 0. The van der Waals surface area contributed by atoms with E-state index >= 15 is 0 Å². The molecule has 0 bridgehead atoms. The van der Waals surface area contributed by atoms with Gasteiger partial charge in [0.05, 0.1) is 11.6 Å². The Morgan fingerprint density at radius 1 is 1.24 bits per heavy atom. The number of hydrogen-bond acceptors (Lipinski definition) is 6. The Hall–Kier alpha value is -3.06. The molecule has 0 radical (unpaired) electrons. The molecule has 2 aromatic rings. The lowest BCUT2D eigenvalue weighted by molar-refractivity contribution is -0.125. The third-order valence-electron chi connectivity index (χ3n) is 7.83. The van der Waals surface area contributed by atoms with Gasteiger partial charge in [-0.1, -0.05) is 49.7 Å². The number of piperidine rings is 1. The van der Waals surface area contributed by atoms with Crippen molar-refractivity contribution in [3.63, 3.8) is 0 Å². The van der Waals surface area contributed by atoms with E-state index in [1.54, 1.807) is 6.07 Å². The number of likely N-dealkylation sites (tertiary alicyclic amines) is 1. The quantitative estimate of drug-likeness (QED) is 0.518. The first-order valence-electron chi connectivity index (χ1n) is 12.7. The number of halogens is 1. The molecule has 2 unspecified atom stereocenters. The fourth-order valence-corrected chi connectivity index (χ4v) is 5.87. The molecule has 2 N–H and O–H groups in total. The molecule has 5 rings (SSSR count). The number of nitrogens with zero attached hydrogens (tertiary/aromatic N) is 1. The molecule has 0 spiro atoms. The average Bonchev–Trinajstić information content (AvgIpc) is 3.03. The fourth-order valence-electron chi connectivity index (χ4n) is 5.75. The molecule has 0 aliphatic carbocycles. The van der Waals surface area contributed by atoms with Crippen LogP contribution in [-0.4, -0.2) is 48.8 Å². The number of fused-ring (bicyclic) bond motifs is 2. The zero-order valence-electron chi connectivity index (χ0n) is 21.2. The van der Waals surface area contributed by atoms with Crippen LogP contribution in [0.3, 0.4) is 0 Å². The maximum absolute atomic E-state index is 11.7. The summed E-state index contributed by atoms with van der Waals surface area (Å²) < 4.78 is 11.2. The minimum atomic E-state index is -0.906. The maximum atomic E-state index is 11.7. The molecule has 0 saturated carbocycles. The van der Waals surface area contributed by atoms with Crippen LogP contribution >= 0.6 is 11.6 Å². The molecule has 194 valence electrons. The molecule has 6 nitrogen and oxygen atoms in total. The van der Waals surface area contributed by atoms with Crippen molar-refractivity contribution in [1.82, 2.24) is 10.2 Å². The van der Waals surface area contributed by atoms with Crippen LogP contribution in [0.15, 0.2) is 72.5 Å². The van der Waals surface area contributed by atoms with Crippen molar-refractivity contribution in [3.05, 3.63) is 88.6 Å². The Balaban J connectivity index is 1.36. The van der Waals surface area contributed by atoms with Crippen LogP contribution in [0.25, 0.3) is 5.57 Å². The number of hydrogen-bond donors (Lipinski definition) is 2. The van der Waals surface area contributed by atoms with Gasteiger partial charge in [0.25, 0.3) is 6.47 Å². The number of carbonyl (C=O) groups is 1. The molecule has 2 aromatic carbocycles. The monoisotopic (exact) mass is 520 g/mol. The summed E-state index contributed by atoms with van der Waals surface area (Å²) in [5, 5.41) is 15.8. The molecule has 0 aromatic heterocycles. The van der Waals surface area contributed by atoms with E-state index in [0.29, 0.717) is 30.3 Å². The Morgan fingerprint density at radius 3 is 2.81 bits per heavy atom. The van der Waals surface area contributed by atoms with E-state index in [0.717, 1.165) is 54.1 Å². The van der Waals surface area contributed by atoms with Crippen molar-refractivity contribution < 1.29 is 19.4 Å². The molecule has 2 atom stereocenters. The summed E-state index contributed by atoms with van der Waals surface area (Å²) in [4.78, 5) is 13.4. The van der Waals surface area contributed by atoms with Gasteiger partial charge in [0.1, 0.15) is 18.1 Å². The van der Waals surface area contributed by atoms with E-state index in [9.17, 15) is 9.90 Å². The van der Waals surface area contributed by atoms with Gasteiger partial charge < -0.3 is 24.8 Å². The van der Waals surface area contributed by atoms with Gasteiger partial charge in [-0.25, -0.2) is 0 Å². The van der Waals surface area contributed by atoms with Crippen molar-refractivity contribution in [2.75, 3.05) is 26.2 Å². The summed E-state index contributed by atoms with van der Waals surface area (Å²) in [6, 6.07) is 13.1. The normalized spacial score (nSPS) is 25.7. The van der Waals surface area contributed by atoms with Gasteiger partial charge in [-0.3, -0.25) is 4.79 Å². The van der Waals surface area contributed by atoms with Gasteiger partial charge in [-0.15, -0.1) is 0 Å². The smallest absolute Gasteiger partial charge is 0.298 e. The number of carbonyl (C=O) groups excluding carboxylic acids is 1. The molecule has 3 aliphatic heterocycles. The molecule has 3 aliphatic rings. The number of ether oxygens (including phenoxy) is 2. The average molecular weight is 521 g/mol. The van der Waals surface area contributed by atoms with Crippen molar-refractivity contribution in [2.24, 2.45) is 5.41 Å². The van der Waals surface area contributed by atoms with Crippen LogP contribution in [0.4, 0.5) is 0 Å². The summed E-state index contributed by atoms with van der Waals surface area (Å²) >= 11 is 6.08. The summed E-state index contributed by atoms with van der Waals surface area (Å²) in [5.41, 5.74) is 2.84. The van der Waals surface area contributed by atoms with Gasteiger partial charge in [0.15, 0.2) is 0 Å². The SMILES string of the molecule is CC1(C)CN(CC/C=C2\C3=CC=CNC3COc3ccc(OC=O)cc32)CCC1(O)c1ccc(Cl)cc1. The third-order valence-corrected chi connectivity index (χ3v) is 8.08. The standard InChI is InChI=1S/C30H33ClN2O4/c1-29(2)19-33(16-13-30(29,35)21-7-9-22(31)10-8-21)15-4-6-24-25-5-3-14-32-27(25)18-36-28-12-11-23(37-20-34)17-26(24)28/h3,5-12,14,17,20,27,32,35H,4,13,15-16,18-19H2,1-2H3/b24-6+. The highest BCUT2D eigenvalue weighted by Gasteiger charge is 2.48. The van der Waals surface area contributed by atoms with Gasteiger partial charge >= 0.3 is 0 Å². The fraction of sp³-hybridized carbons (Fsp3) is 0.367. The number of aliphatic hydroxyl groups is 1. The van der Waals surface area contributed by atoms with Crippen molar-refractivity contribution in [1.29, 1.82) is 0 Å². The second-order valence-corrected chi connectivity index (χ2v) is 11.0. The molecule has 1 fully saturated rings. The zero-order valence-corrected chi connectivity index (χ0v) is 22.0. The lowest BCUT2D eigenvalue weighted by atomic mass is 9.66. The van der Waals surface area contributed by atoms with E-state index in [2.05, 4.69) is 36.2 Å². The third kappa shape index (κ3) is 5.06. The Kier molecular flexibility index (Phi) is 7.17. The predicted octanol–water partition coefficient (Wildman–Crippen LogP) is 5.07. The van der Waals surface area contributed by atoms with Crippen LogP contribution in [0.5, 0.6) is 11.5 Å². The van der Waals surface area contributed by atoms with E-state index in [1.807, 2.05) is 48.7 Å². The topological polar surface area (TPSA) is 71.0 Å². The van der Waals surface area contributed by atoms with Crippen LogP contribution < -0.4 is 14.8 Å². The number of benzene rings is 2. The number of dihydropyridines is 1. The lowest BCUT2D eigenvalue weighted by Crippen LogP contribution is -2.55. The van der Waals surface area contributed by atoms with E-state index < -0.39 is 5.60 Å². The van der Waals surface area contributed by atoms with Gasteiger partial charge in [0, 0.05) is 35.6 Å². The van der Waals surface area contributed by atoms with Gasteiger partial charge in [-0.2, -0.15) is 0 Å². The molecular formula is C30H33ClN2O4. The van der Waals surface area contributed by atoms with Crippen molar-refractivity contribution in [2.45, 2.75) is 38.3 Å². The summed E-state index contributed by atoms with van der Waals surface area (Å²) in [6.45, 7) is 7.67. The Bertz CT molecular complexity index is 1250. The first-order chi connectivity index (χ1) is 17.8. The molecular weight excluding hydrogens is 488 g/mol. The summed E-state index contributed by atoms with van der Waals surface area (Å²) in [5.74, 6) is 1.26. The van der Waals surface area contributed by atoms with E-state index in [1.165, 1.54) is 0 Å². The molecule has 3 heterocycles. The first kappa shape index (κ1) is 25.6. The number of rotatable bonds is 6. The summed E-state index contributed by atoms with van der Waals surface area (Å²) in [6.07, 6.45) is 9.80. The van der Waals surface area contributed by atoms with Crippen LogP contribution in [0.2, 0.25) is 5.02 Å². The second kappa shape index (κ2) is 10.4. The highest BCUT2D eigenvalue weighted by atomic mass is 35.5. The predicted molar refractivity (Wildman–Crippen MR) is 146 cm³/mol. The molecule has 0 amide bonds. The molecule has 7 heteroatoms. The Labute approximate surface area is 223 Å². The van der Waals surface area contributed by atoms with Gasteiger partial charge in [-0.05, 0) is 72.2 Å². The molecule has 37 heavy (non-hydrogen) atoms. The zero-order chi connectivity index (χ0) is 26.0. The van der Waals surface area contributed by atoms with Crippen molar-refractivity contribution in [3.8, 4) is 11.5 Å². The van der Waals surface area contributed by atoms with Crippen molar-refractivity contribution >= 4 is 23.6 Å². The van der Waals surface area contributed by atoms with Crippen LogP contribution in [0, 0.1) is 5.41 Å². The Morgan fingerprint density at radius 2 is 2.05 bits per heavy atom. The second-order valence-electron chi connectivity index (χ2n) is 10.6. The highest BCUT2D eigenvalue weighted by molar-refractivity contribution is 6.30. The largest absolute Gasteiger partial charge is 0.490 e.